The van der Waals surface area contributed by atoms with Gasteiger partial charge in [0.25, 0.3) is 0 Å². The topological polar surface area (TPSA) is 52.1 Å². The van der Waals surface area contributed by atoms with Gasteiger partial charge in [-0.2, -0.15) is 0 Å². The molecule has 2 aliphatic rings. The number of hydrogen-bond acceptors (Lipinski definition) is 4. The van der Waals surface area contributed by atoms with Crippen molar-refractivity contribution in [2.45, 2.75) is 38.1 Å². The van der Waals surface area contributed by atoms with E-state index >= 15 is 0 Å². The van der Waals surface area contributed by atoms with E-state index in [2.05, 4.69) is 43.6 Å². The Hall–Kier alpha value is -1.06. The molecule has 1 aromatic carbocycles. The molecule has 2 N–H and O–H groups in total. The Morgan fingerprint density at radius 2 is 1.83 bits per heavy atom. The zero-order chi connectivity index (χ0) is 19.6. The molecule has 2 aliphatic heterocycles. The van der Waals surface area contributed by atoms with E-state index in [1.807, 2.05) is 13.1 Å². The SMILES string of the molecule is CN=C(NCCCN1CCCC1)NCC(c1cccc(OC)c1)N1CCCC1.I. The number of nitrogens with one attached hydrogen (secondary N) is 2. The Balaban J connectivity index is 0.00000300. The van der Waals surface area contributed by atoms with E-state index in [9.17, 15) is 0 Å². The smallest absolute Gasteiger partial charge is 0.191 e. The number of methoxy groups -OCH3 is 1. The second kappa shape index (κ2) is 13.3. The van der Waals surface area contributed by atoms with Gasteiger partial charge in [-0.15, -0.1) is 24.0 Å². The first-order chi connectivity index (χ1) is 13.8. The van der Waals surface area contributed by atoms with Crippen molar-refractivity contribution >= 4 is 29.9 Å². The van der Waals surface area contributed by atoms with Gasteiger partial charge in [0.05, 0.1) is 13.2 Å². The van der Waals surface area contributed by atoms with Crippen molar-refractivity contribution in [1.82, 2.24) is 20.4 Å². The predicted octanol–water partition coefficient (Wildman–Crippen LogP) is 3.10. The van der Waals surface area contributed by atoms with Gasteiger partial charge in [-0.25, -0.2) is 0 Å². The third-order valence-electron chi connectivity index (χ3n) is 5.89. The summed E-state index contributed by atoms with van der Waals surface area (Å²) in [6.45, 7) is 7.85. The monoisotopic (exact) mass is 515 g/mol. The molecule has 1 unspecified atom stereocenters. The fourth-order valence-corrected chi connectivity index (χ4v) is 4.29. The maximum atomic E-state index is 5.44. The molecule has 0 spiro atoms. The van der Waals surface area contributed by atoms with E-state index in [4.69, 9.17) is 4.74 Å². The first kappa shape index (κ1) is 24.2. The van der Waals surface area contributed by atoms with Crippen LogP contribution in [0.4, 0.5) is 0 Å². The highest BCUT2D eigenvalue weighted by atomic mass is 127. The molecule has 0 bridgehead atoms. The van der Waals surface area contributed by atoms with Crippen LogP contribution in [0.25, 0.3) is 0 Å². The van der Waals surface area contributed by atoms with Crippen molar-refractivity contribution in [2.75, 3.05) is 60.0 Å². The van der Waals surface area contributed by atoms with E-state index in [-0.39, 0.29) is 24.0 Å². The maximum Gasteiger partial charge on any atom is 0.191 e. The van der Waals surface area contributed by atoms with Gasteiger partial charge in [0.1, 0.15) is 5.75 Å². The van der Waals surface area contributed by atoms with Gasteiger partial charge in [0.2, 0.25) is 0 Å². The van der Waals surface area contributed by atoms with Gasteiger partial charge in [-0.05, 0) is 82.5 Å². The summed E-state index contributed by atoms with van der Waals surface area (Å²) in [5.41, 5.74) is 1.30. The molecule has 6 nitrogen and oxygen atoms in total. The number of rotatable bonds is 9. The zero-order valence-electron chi connectivity index (χ0n) is 18.0. The molecule has 0 aliphatic carbocycles. The minimum Gasteiger partial charge on any atom is -0.497 e. The molecule has 1 atom stereocenters. The average molecular weight is 515 g/mol. The van der Waals surface area contributed by atoms with Crippen molar-refractivity contribution in [3.05, 3.63) is 29.8 Å². The van der Waals surface area contributed by atoms with Crippen LogP contribution in [-0.4, -0.2) is 75.7 Å². The lowest BCUT2D eigenvalue weighted by atomic mass is 10.1. The molecular formula is C22H38IN5O. The molecule has 0 amide bonds. The zero-order valence-corrected chi connectivity index (χ0v) is 20.4. The fraction of sp³-hybridized carbons (Fsp3) is 0.682. The molecule has 1 aromatic rings. The van der Waals surface area contributed by atoms with Gasteiger partial charge in [-0.1, -0.05) is 12.1 Å². The molecule has 7 heteroatoms. The third kappa shape index (κ3) is 7.61. The summed E-state index contributed by atoms with van der Waals surface area (Å²) >= 11 is 0. The van der Waals surface area contributed by atoms with Gasteiger partial charge >= 0.3 is 0 Å². The van der Waals surface area contributed by atoms with Crippen LogP contribution in [0.1, 0.15) is 43.7 Å². The standard InChI is InChI=1S/C22H37N5O.HI/c1-23-22(24-11-8-14-26-12-3-4-13-26)25-18-21(27-15-5-6-16-27)19-9-7-10-20(17-19)28-2;/h7,9-10,17,21H,3-6,8,11-16,18H2,1-2H3,(H2,23,24,25);1H. The number of likely N-dealkylation sites (tertiary alicyclic amines) is 2. The second-order valence-electron chi connectivity index (χ2n) is 7.82. The first-order valence-electron chi connectivity index (χ1n) is 10.8. The summed E-state index contributed by atoms with van der Waals surface area (Å²) in [5, 5.41) is 7.04. The predicted molar refractivity (Wildman–Crippen MR) is 132 cm³/mol. The van der Waals surface area contributed by atoms with Gasteiger partial charge in [0.15, 0.2) is 5.96 Å². The molecule has 0 radical (unpaired) electrons. The number of nitrogens with zero attached hydrogens (tertiary/aromatic N) is 3. The summed E-state index contributed by atoms with van der Waals surface area (Å²) < 4.78 is 5.44. The van der Waals surface area contributed by atoms with Gasteiger partial charge < -0.3 is 20.3 Å². The van der Waals surface area contributed by atoms with Crippen LogP contribution in [-0.2, 0) is 0 Å². The largest absolute Gasteiger partial charge is 0.497 e. The summed E-state index contributed by atoms with van der Waals surface area (Å²) in [6, 6.07) is 8.80. The minimum absolute atomic E-state index is 0. The number of ether oxygens (including phenoxy) is 1. The van der Waals surface area contributed by atoms with Crippen LogP contribution in [0.3, 0.4) is 0 Å². The number of halogens is 1. The summed E-state index contributed by atoms with van der Waals surface area (Å²) in [6.07, 6.45) is 6.44. The first-order valence-corrected chi connectivity index (χ1v) is 10.8. The Morgan fingerprint density at radius 1 is 1.10 bits per heavy atom. The van der Waals surface area contributed by atoms with E-state index in [0.29, 0.717) is 6.04 Å². The van der Waals surface area contributed by atoms with Crippen molar-refractivity contribution in [2.24, 2.45) is 4.99 Å². The van der Waals surface area contributed by atoms with Crippen LogP contribution < -0.4 is 15.4 Å². The third-order valence-corrected chi connectivity index (χ3v) is 5.89. The van der Waals surface area contributed by atoms with E-state index in [1.165, 1.54) is 50.9 Å². The Bertz CT molecular complexity index is 615. The van der Waals surface area contributed by atoms with Gasteiger partial charge in [-0.3, -0.25) is 9.89 Å². The number of aliphatic imine (C=N–C) groups is 1. The molecule has 2 heterocycles. The highest BCUT2D eigenvalue weighted by Gasteiger charge is 2.24. The van der Waals surface area contributed by atoms with Crippen LogP contribution in [0.2, 0.25) is 0 Å². The quantitative estimate of drug-likeness (QED) is 0.229. The Kier molecular flexibility index (Phi) is 11.1. The molecule has 164 valence electrons. The highest BCUT2D eigenvalue weighted by molar-refractivity contribution is 14.0. The van der Waals surface area contributed by atoms with E-state index in [0.717, 1.165) is 44.3 Å². The number of hydrogen-bond donors (Lipinski definition) is 2. The average Bonchev–Trinajstić information content (AvgIpc) is 3.44. The van der Waals surface area contributed by atoms with Crippen molar-refractivity contribution < 1.29 is 4.74 Å². The fourth-order valence-electron chi connectivity index (χ4n) is 4.29. The number of benzene rings is 1. The molecule has 3 rings (SSSR count). The van der Waals surface area contributed by atoms with Gasteiger partial charge in [0, 0.05) is 20.1 Å². The molecule has 29 heavy (non-hydrogen) atoms. The summed E-state index contributed by atoms with van der Waals surface area (Å²) in [5.74, 6) is 1.82. The highest BCUT2D eigenvalue weighted by Crippen LogP contribution is 2.27. The summed E-state index contributed by atoms with van der Waals surface area (Å²) in [7, 11) is 3.59. The van der Waals surface area contributed by atoms with Crippen LogP contribution in [0, 0.1) is 0 Å². The van der Waals surface area contributed by atoms with Crippen LogP contribution in [0.5, 0.6) is 5.75 Å². The van der Waals surface area contributed by atoms with E-state index < -0.39 is 0 Å². The lowest BCUT2D eigenvalue weighted by molar-refractivity contribution is 0.245. The van der Waals surface area contributed by atoms with Crippen LogP contribution in [0.15, 0.2) is 29.3 Å². The van der Waals surface area contributed by atoms with E-state index in [1.54, 1.807) is 7.11 Å². The minimum atomic E-state index is 0. The molecule has 0 aromatic heterocycles. The Labute approximate surface area is 193 Å². The number of guanidine groups is 1. The van der Waals surface area contributed by atoms with Crippen molar-refractivity contribution in [1.29, 1.82) is 0 Å². The summed E-state index contributed by atoms with van der Waals surface area (Å²) in [4.78, 5) is 9.55. The maximum absolute atomic E-state index is 5.44. The molecule has 2 saturated heterocycles. The molecule has 2 fully saturated rings. The molecule has 0 saturated carbocycles. The Morgan fingerprint density at radius 3 is 2.52 bits per heavy atom. The van der Waals surface area contributed by atoms with Crippen molar-refractivity contribution in [3.8, 4) is 5.75 Å². The van der Waals surface area contributed by atoms with Crippen molar-refractivity contribution in [3.63, 3.8) is 0 Å². The second-order valence-corrected chi connectivity index (χ2v) is 7.82. The molecular weight excluding hydrogens is 477 g/mol. The lowest BCUT2D eigenvalue weighted by Crippen LogP contribution is -2.43. The normalized spacial score (nSPS) is 19.0. The van der Waals surface area contributed by atoms with Crippen LogP contribution >= 0.6 is 24.0 Å². The lowest BCUT2D eigenvalue weighted by Gasteiger charge is -2.29.